The summed E-state index contributed by atoms with van der Waals surface area (Å²) in [4.78, 5) is 37.9. The second-order valence-corrected chi connectivity index (χ2v) is 19.5. The molecule has 2 aliphatic heterocycles. The molecule has 0 aliphatic carbocycles. The Hall–Kier alpha value is -6.51. The fourth-order valence-corrected chi connectivity index (χ4v) is 9.53. The molecule has 2 saturated heterocycles. The van der Waals surface area contributed by atoms with E-state index in [1.54, 1.807) is 43.0 Å². The number of aryl methyl sites for hydroxylation is 2. The smallest absolute Gasteiger partial charge is 0.222 e. The Labute approximate surface area is 426 Å². The molecule has 8 heterocycles. The first kappa shape index (κ1) is 52.8. The van der Waals surface area contributed by atoms with Gasteiger partial charge in [-0.2, -0.15) is 0 Å². The first-order chi connectivity index (χ1) is 34.9. The molecular formula is C53H60ClF4N13O2. The Balaban J connectivity index is 0.000000162. The highest BCUT2D eigenvalue weighted by molar-refractivity contribution is 6.28. The van der Waals surface area contributed by atoms with Crippen LogP contribution < -0.4 is 5.73 Å². The molecule has 0 saturated carbocycles. The van der Waals surface area contributed by atoms with Crippen LogP contribution in [0.1, 0.15) is 99.8 Å². The maximum absolute atomic E-state index is 14.9. The molecule has 8 aromatic rings. The molecule has 73 heavy (non-hydrogen) atoms. The van der Waals surface area contributed by atoms with E-state index in [0.29, 0.717) is 45.9 Å². The average Bonchev–Trinajstić information content (AvgIpc) is 3.89. The summed E-state index contributed by atoms with van der Waals surface area (Å²) in [6, 6.07) is 9.36. The molecule has 15 nitrogen and oxygen atoms in total. The third kappa shape index (κ3) is 12.8. The van der Waals surface area contributed by atoms with Crippen molar-refractivity contribution in [3.63, 3.8) is 0 Å². The maximum Gasteiger partial charge on any atom is 0.222 e. The quantitative estimate of drug-likeness (QED) is 0.0870. The molecule has 0 radical (unpaired) electrons. The number of hydrogen-bond acceptors (Lipinski definition) is 13. The molecule has 0 atom stereocenters. The lowest BCUT2D eigenvalue weighted by molar-refractivity contribution is 0.0789. The first-order valence-electron chi connectivity index (χ1n) is 24.4. The van der Waals surface area contributed by atoms with Gasteiger partial charge in [0.25, 0.3) is 0 Å². The van der Waals surface area contributed by atoms with E-state index in [1.807, 2.05) is 50.7 Å². The van der Waals surface area contributed by atoms with Gasteiger partial charge in [-0.15, -0.1) is 0 Å². The van der Waals surface area contributed by atoms with Gasteiger partial charge in [0.15, 0.2) is 11.6 Å². The van der Waals surface area contributed by atoms with Gasteiger partial charge in [0, 0.05) is 104 Å². The molecule has 384 valence electrons. The van der Waals surface area contributed by atoms with E-state index in [2.05, 4.69) is 49.7 Å². The van der Waals surface area contributed by atoms with Crippen molar-refractivity contribution in [3.8, 4) is 22.3 Å². The van der Waals surface area contributed by atoms with Gasteiger partial charge in [0.1, 0.15) is 46.0 Å². The second kappa shape index (κ2) is 23.1. The standard InChI is InChI=1S/C27H30F2N6O.C16H16F2N4.C10H14ClN3O/c1-16(2)35-17(3)33-27-23(28)8-19(9-25(27)35)22-10-20(30-14-24(22)29)11-26-31-12-18(13-32-26)15-34-6-4-21(36)5-7-34;1-8(2)22-9(3)21-16-12(17)4-10(5-14(16)22)11-6-15(19)20-7-13(11)18;11-10-12-5-8(6-13-10)7-14-3-1-9(15)2-4-14/h8-10,12-14,16,21,36H,4-7,11,15H2,1-3H3;4-8H,1-3H3,(H2,19,20);5-6,9,15H,1-4,7H2. The zero-order valence-corrected chi connectivity index (χ0v) is 42.5. The minimum Gasteiger partial charge on any atom is -0.393 e. The number of anilines is 1. The molecule has 2 aliphatic rings. The fraction of sp³-hybridized carbons (Fsp3) is 0.396. The number of aliphatic hydroxyl groups excluding tert-OH is 2. The van der Waals surface area contributed by atoms with E-state index in [1.165, 1.54) is 18.2 Å². The molecule has 2 fully saturated rings. The number of benzene rings is 2. The van der Waals surface area contributed by atoms with Gasteiger partial charge in [-0.25, -0.2) is 52.4 Å². The lowest BCUT2D eigenvalue weighted by Crippen LogP contribution is -2.35. The molecule has 2 aromatic carbocycles. The predicted octanol–water partition coefficient (Wildman–Crippen LogP) is 9.54. The van der Waals surface area contributed by atoms with E-state index < -0.39 is 23.3 Å². The third-order valence-electron chi connectivity index (χ3n) is 13.0. The molecule has 0 bridgehead atoms. The molecule has 0 amide bonds. The van der Waals surface area contributed by atoms with Gasteiger partial charge in [-0.3, -0.25) is 14.8 Å². The van der Waals surface area contributed by atoms with Crippen molar-refractivity contribution < 1.29 is 27.8 Å². The summed E-state index contributed by atoms with van der Waals surface area (Å²) in [6.45, 7) is 16.8. The Morgan fingerprint density at radius 3 is 1.45 bits per heavy atom. The number of rotatable bonds is 10. The number of nitrogen functional groups attached to an aromatic ring is 1. The number of aromatic nitrogens is 10. The lowest BCUT2D eigenvalue weighted by Gasteiger charge is -2.29. The third-order valence-corrected chi connectivity index (χ3v) is 13.2. The normalized spacial score (nSPS) is 15.0. The van der Waals surface area contributed by atoms with Gasteiger partial charge in [-0.05, 0) is 126 Å². The minimum absolute atomic E-state index is 0.0872. The number of imidazole rings is 2. The average molecular weight is 1020 g/mol. The van der Waals surface area contributed by atoms with Gasteiger partial charge in [0.2, 0.25) is 5.28 Å². The molecule has 0 unspecified atom stereocenters. The van der Waals surface area contributed by atoms with Crippen LogP contribution in [0, 0.1) is 37.1 Å². The van der Waals surface area contributed by atoms with E-state index in [4.69, 9.17) is 17.3 Å². The molecule has 6 aromatic heterocycles. The van der Waals surface area contributed by atoms with E-state index >= 15 is 0 Å². The summed E-state index contributed by atoms with van der Waals surface area (Å²) >= 11 is 5.60. The molecule has 4 N–H and O–H groups in total. The Kier molecular flexibility index (Phi) is 16.7. The Morgan fingerprint density at radius 1 is 0.575 bits per heavy atom. The van der Waals surface area contributed by atoms with Gasteiger partial charge >= 0.3 is 0 Å². The van der Waals surface area contributed by atoms with Crippen molar-refractivity contribution >= 4 is 39.5 Å². The lowest BCUT2D eigenvalue weighted by atomic mass is 10.0. The number of halogens is 5. The summed E-state index contributed by atoms with van der Waals surface area (Å²) in [5, 5.41) is 19.3. The first-order valence-corrected chi connectivity index (χ1v) is 24.8. The van der Waals surface area contributed by atoms with Crippen molar-refractivity contribution in [2.45, 2.75) is 111 Å². The van der Waals surface area contributed by atoms with Crippen molar-refractivity contribution in [1.82, 2.24) is 58.8 Å². The van der Waals surface area contributed by atoms with Crippen molar-refractivity contribution in [1.29, 1.82) is 0 Å². The van der Waals surface area contributed by atoms with Crippen LogP contribution in [0.2, 0.25) is 5.28 Å². The summed E-state index contributed by atoms with van der Waals surface area (Å²) < 4.78 is 62.0. The van der Waals surface area contributed by atoms with Crippen LogP contribution in [0.3, 0.4) is 0 Å². The maximum atomic E-state index is 14.9. The highest BCUT2D eigenvalue weighted by Gasteiger charge is 2.21. The summed E-state index contributed by atoms with van der Waals surface area (Å²) in [6.07, 6.45) is 12.6. The zero-order chi connectivity index (χ0) is 52.1. The fourth-order valence-electron chi connectivity index (χ4n) is 9.44. The van der Waals surface area contributed by atoms with Crippen LogP contribution in [0.5, 0.6) is 0 Å². The number of likely N-dealkylation sites (tertiary alicyclic amines) is 2. The largest absolute Gasteiger partial charge is 0.393 e. The predicted molar refractivity (Wildman–Crippen MR) is 273 cm³/mol. The highest BCUT2D eigenvalue weighted by Crippen LogP contribution is 2.33. The van der Waals surface area contributed by atoms with E-state index in [0.717, 1.165) is 94.3 Å². The Morgan fingerprint density at radius 2 is 1.00 bits per heavy atom. The van der Waals surface area contributed by atoms with E-state index in [-0.39, 0.29) is 57.6 Å². The number of pyridine rings is 2. The monoisotopic (exact) mass is 1020 g/mol. The number of fused-ring (bicyclic) bond motifs is 2. The number of piperidine rings is 2. The van der Waals surface area contributed by atoms with Crippen LogP contribution in [-0.2, 0) is 19.5 Å². The number of nitrogens with zero attached hydrogens (tertiary/aromatic N) is 12. The zero-order valence-electron chi connectivity index (χ0n) is 41.7. The SMILES string of the molecule is Cc1nc2c(F)cc(-c3cc(Cc4ncc(CN5CCC(O)CC5)cn4)ncc3F)cc2n1C(C)C.Cc1nc2c(F)cc(-c3cc(N)ncc3F)cc2n1C(C)C.OC1CCN(Cc2cnc(Cl)nc2)CC1. The van der Waals surface area contributed by atoms with Gasteiger partial charge in [0.05, 0.1) is 42.1 Å². The molecule has 20 heteroatoms. The Bertz CT molecular complexity index is 3170. The highest BCUT2D eigenvalue weighted by atomic mass is 35.5. The minimum atomic E-state index is -0.541. The van der Waals surface area contributed by atoms with E-state index in [9.17, 15) is 27.8 Å². The second-order valence-electron chi connectivity index (χ2n) is 19.2. The molecule has 10 rings (SSSR count). The van der Waals surface area contributed by atoms with Crippen molar-refractivity contribution in [2.75, 3.05) is 31.9 Å². The van der Waals surface area contributed by atoms with Crippen molar-refractivity contribution in [3.05, 3.63) is 136 Å². The summed E-state index contributed by atoms with van der Waals surface area (Å²) in [7, 11) is 0. The summed E-state index contributed by atoms with van der Waals surface area (Å²) in [5.41, 5.74) is 11.5. The van der Waals surface area contributed by atoms with Gasteiger partial charge in [-0.1, -0.05) is 0 Å². The van der Waals surface area contributed by atoms with Crippen LogP contribution in [0.25, 0.3) is 44.3 Å². The number of aliphatic hydroxyl groups is 2. The van der Waals surface area contributed by atoms with Crippen molar-refractivity contribution in [2.24, 2.45) is 0 Å². The van der Waals surface area contributed by atoms with Crippen LogP contribution >= 0.6 is 11.6 Å². The molecule has 0 spiro atoms. The van der Waals surface area contributed by atoms with Crippen LogP contribution in [0.15, 0.2) is 73.6 Å². The molecular weight excluding hydrogens is 962 g/mol. The number of hydrogen-bond donors (Lipinski definition) is 3. The van der Waals surface area contributed by atoms with Gasteiger partial charge < -0.3 is 25.1 Å². The van der Waals surface area contributed by atoms with Crippen LogP contribution in [-0.4, -0.2) is 107 Å². The summed E-state index contributed by atoms with van der Waals surface area (Å²) in [5.74, 6) is 0.169. The topological polar surface area (TPSA) is 186 Å². The number of nitrogens with two attached hydrogens (primary N) is 1. The van der Waals surface area contributed by atoms with Crippen LogP contribution in [0.4, 0.5) is 23.4 Å².